The van der Waals surface area contributed by atoms with E-state index in [0.717, 1.165) is 12.1 Å². The summed E-state index contributed by atoms with van der Waals surface area (Å²) in [7, 11) is 0. The SMILES string of the molecule is O=C(CCc1ncc(-c2ccc(F)cc2F)o1)NCCNC(=O)c1ccco1. The molecule has 146 valence electrons. The maximum atomic E-state index is 13.8. The summed E-state index contributed by atoms with van der Waals surface area (Å²) in [4.78, 5) is 27.5. The second-order valence-corrected chi connectivity index (χ2v) is 5.83. The van der Waals surface area contributed by atoms with E-state index in [1.807, 2.05) is 0 Å². The van der Waals surface area contributed by atoms with E-state index in [2.05, 4.69) is 15.6 Å². The number of benzene rings is 1. The Morgan fingerprint density at radius 3 is 2.68 bits per heavy atom. The van der Waals surface area contributed by atoms with Crippen LogP contribution >= 0.6 is 0 Å². The van der Waals surface area contributed by atoms with E-state index in [9.17, 15) is 18.4 Å². The Kier molecular flexibility index (Phi) is 6.15. The molecule has 3 aromatic rings. The number of carbonyl (C=O) groups is 2. The van der Waals surface area contributed by atoms with Gasteiger partial charge in [-0.05, 0) is 24.3 Å². The molecular formula is C19H17F2N3O4. The monoisotopic (exact) mass is 389 g/mol. The van der Waals surface area contributed by atoms with Crippen molar-refractivity contribution < 1.29 is 27.2 Å². The van der Waals surface area contributed by atoms with E-state index in [4.69, 9.17) is 8.83 Å². The maximum Gasteiger partial charge on any atom is 0.287 e. The predicted octanol–water partition coefficient (Wildman–Crippen LogP) is 2.69. The van der Waals surface area contributed by atoms with Gasteiger partial charge in [0.1, 0.15) is 11.6 Å². The molecule has 2 aromatic heterocycles. The average molecular weight is 389 g/mol. The molecule has 0 spiro atoms. The number of nitrogens with zero attached hydrogens (tertiary/aromatic N) is 1. The summed E-state index contributed by atoms with van der Waals surface area (Å²) >= 11 is 0. The molecule has 0 atom stereocenters. The van der Waals surface area contributed by atoms with Gasteiger partial charge in [0.15, 0.2) is 17.4 Å². The van der Waals surface area contributed by atoms with Crippen LogP contribution in [0, 0.1) is 11.6 Å². The molecule has 0 fully saturated rings. The van der Waals surface area contributed by atoms with Crippen molar-refractivity contribution in [2.24, 2.45) is 0 Å². The van der Waals surface area contributed by atoms with E-state index >= 15 is 0 Å². The van der Waals surface area contributed by atoms with Crippen LogP contribution in [0.15, 0.2) is 51.6 Å². The molecular weight excluding hydrogens is 372 g/mol. The molecule has 0 aliphatic heterocycles. The van der Waals surface area contributed by atoms with Crippen LogP contribution in [0.5, 0.6) is 0 Å². The highest BCUT2D eigenvalue weighted by Crippen LogP contribution is 2.24. The van der Waals surface area contributed by atoms with Gasteiger partial charge in [-0.2, -0.15) is 0 Å². The topological polar surface area (TPSA) is 97.4 Å². The summed E-state index contributed by atoms with van der Waals surface area (Å²) in [5, 5.41) is 5.26. The molecule has 0 aliphatic carbocycles. The molecule has 28 heavy (non-hydrogen) atoms. The lowest BCUT2D eigenvalue weighted by molar-refractivity contribution is -0.121. The molecule has 1 aromatic carbocycles. The van der Waals surface area contributed by atoms with E-state index in [1.54, 1.807) is 6.07 Å². The van der Waals surface area contributed by atoms with Gasteiger partial charge >= 0.3 is 0 Å². The first-order chi connectivity index (χ1) is 13.5. The van der Waals surface area contributed by atoms with Crippen LogP contribution in [0.4, 0.5) is 8.78 Å². The summed E-state index contributed by atoms with van der Waals surface area (Å²) in [6, 6.07) is 6.29. The third kappa shape index (κ3) is 5.03. The van der Waals surface area contributed by atoms with Gasteiger partial charge in [-0.15, -0.1) is 0 Å². The van der Waals surface area contributed by atoms with Gasteiger partial charge in [0.05, 0.1) is 18.0 Å². The lowest BCUT2D eigenvalue weighted by atomic mass is 10.2. The molecule has 0 saturated carbocycles. The quantitative estimate of drug-likeness (QED) is 0.578. The normalized spacial score (nSPS) is 10.6. The molecule has 0 saturated heterocycles. The van der Waals surface area contributed by atoms with Crippen LogP contribution < -0.4 is 10.6 Å². The highest BCUT2D eigenvalue weighted by atomic mass is 19.1. The molecule has 0 radical (unpaired) electrons. The Morgan fingerprint density at radius 2 is 1.93 bits per heavy atom. The molecule has 0 bridgehead atoms. The minimum absolute atomic E-state index is 0.0944. The van der Waals surface area contributed by atoms with Crippen LogP contribution in [0.1, 0.15) is 22.9 Å². The molecule has 9 heteroatoms. The van der Waals surface area contributed by atoms with Crippen LogP contribution in [-0.4, -0.2) is 29.9 Å². The van der Waals surface area contributed by atoms with E-state index in [1.165, 1.54) is 24.6 Å². The molecule has 2 amide bonds. The maximum absolute atomic E-state index is 13.8. The van der Waals surface area contributed by atoms with Crippen LogP contribution in [0.3, 0.4) is 0 Å². The fourth-order valence-corrected chi connectivity index (χ4v) is 2.42. The summed E-state index contributed by atoms with van der Waals surface area (Å²) in [5.74, 6) is -1.42. The van der Waals surface area contributed by atoms with Crippen molar-refractivity contribution in [2.45, 2.75) is 12.8 Å². The Morgan fingerprint density at radius 1 is 1.11 bits per heavy atom. The number of hydrogen-bond acceptors (Lipinski definition) is 5. The highest BCUT2D eigenvalue weighted by Gasteiger charge is 2.13. The van der Waals surface area contributed by atoms with E-state index in [0.29, 0.717) is 0 Å². The fourth-order valence-electron chi connectivity index (χ4n) is 2.42. The number of aryl methyl sites for hydroxylation is 1. The Bertz CT molecular complexity index is 954. The zero-order valence-electron chi connectivity index (χ0n) is 14.7. The zero-order chi connectivity index (χ0) is 19.9. The summed E-state index contributed by atoms with van der Waals surface area (Å²) in [6.07, 6.45) is 3.05. The third-order valence-corrected chi connectivity index (χ3v) is 3.79. The molecule has 2 heterocycles. The van der Waals surface area contributed by atoms with Gasteiger partial charge < -0.3 is 19.5 Å². The Labute approximate surface area is 158 Å². The van der Waals surface area contributed by atoms with Crippen LogP contribution in [0.25, 0.3) is 11.3 Å². The van der Waals surface area contributed by atoms with Crippen LogP contribution in [-0.2, 0) is 11.2 Å². The average Bonchev–Trinajstić information content (AvgIpc) is 3.35. The Hall–Kier alpha value is -3.49. The lowest BCUT2D eigenvalue weighted by Crippen LogP contribution is -2.34. The Balaban J connectivity index is 1.40. The number of aromatic nitrogens is 1. The number of halogens is 2. The van der Waals surface area contributed by atoms with Gasteiger partial charge in [0, 0.05) is 32.0 Å². The number of rotatable bonds is 8. The molecule has 7 nitrogen and oxygen atoms in total. The number of oxazole rings is 1. The van der Waals surface area contributed by atoms with Gasteiger partial charge in [0.25, 0.3) is 5.91 Å². The van der Waals surface area contributed by atoms with Crippen molar-refractivity contribution in [3.63, 3.8) is 0 Å². The van der Waals surface area contributed by atoms with Crippen molar-refractivity contribution in [3.8, 4) is 11.3 Å². The van der Waals surface area contributed by atoms with Crippen molar-refractivity contribution in [1.29, 1.82) is 0 Å². The molecule has 3 rings (SSSR count). The van der Waals surface area contributed by atoms with Crippen molar-refractivity contribution >= 4 is 11.8 Å². The number of amides is 2. The lowest BCUT2D eigenvalue weighted by Gasteiger charge is -2.05. The van der Waals surface area contributed by atoms with Gasteiger partial charge in [-0.25, -0.2) is 13.8 Å². The fraction of sp³-hybridized carbons (Fsp3) is 0.211. The molecule has 0 unspecified atom stereocenters. The standard InChI is InChI=1S/C19H17F2N3O4/c20-12-3-4-13(14(21)10-12)16-11-24-18(28-16)6-5-17(25)22-7-8-23-19(26)15-2-1-9-27-15/h1-4,9-11H,5-8H2,(H,22,25)(H,23,26). The summed E-state index contributed by atoms with van der Waals surface area (Å²) in [5.41, 5.74) is 0.0944. The summed E-state index contributed by atoms with van der Waals surface area (Å²) in [6.45, 7) is 0.501. The first-order valence-corrected chi connectivity index (χ1v) is 8.51. The van der Waals surface area contributed by atoms with Crippen LogP contribution in [0.2, 0.25) is 0 Å². The second kappa shape index (κ2) is 8.94. The van der Waals surface area contributed by atoms with Gasteiger partial charge in [-0.3, -0.25) is 9.59 Å². The van der Waals surface area contributed by atoms with Gasteiger partial charge in [0.2, 0.25) is 5.91 Å². The summed E-state index contributed by atoms with van der Waals surface area (Å²) < 4.78 is 37.1. The number of hydrogen-bond donors (Lipinski definition) is 2. The zero-order valence-corrected chi connectivity index (χ0v) is 14.7. The smallest absolute Gasteiger partial charge is 0.287 e. The minimum atomic E-state index is -0.753. The molecule has 2 N–H and O–H groups in total. The van der Waals surface area contributed by atoms with Crippen molar-refractivity contribution in [2.75, 3.05) is 13.1 Å². The highest BCUT2D eigenvalue weighted by molar-refractivity contribution is 5.91. The largest absolute Gasteiger partial charge is 0.459 e. The third-order valence-electron chi connectivity index (χ3n) is 3.79. The number of carbonyl (C=O) groups excluding carboxylic acids is 2. The van der Waals surface area contributed by atoms with E-state index < -0.39 is 11.6 Å². The van der Waals surface area contributed by atoms with Crippen molar-refractivity contribution in [3.05, 3.63) is 66.1 Å². The second-order valence-electron chi connectivity index (χ2n) is 5.83. The van der Waals surface area contributed by atoms with Crippen molar-refractivity contribution in [1.82, 2.24) is 15.6 Å². The predicted molar refractivity (Wildman–Crippen MR) is 94.2 cm³/mol. The first kappa shape index (κ1) is 19.3. The van der Waals surface area contributed by atoms with Gasteiger partial charge in [-0.1, -0.05) is 0 Å². The van der Waals surface area contributed by atoms with E-state index in [-0.39, 0.29) is 60.7 Å². The minimum Gasteiger partial charge on any atom is -0.459 e. The number of furan rings is 1. The number of nitrogens with one attached hydrogen (secondary N) is 2. The molecule has 0 aliphatic rings. The first-order valence-electron chi connectivity index (χ1n) is 8.51.